The topological polar surface area (TPSA) is 96.5 Å². The Hall–Kier alpha value is -2.61. The van der Waals surface area contributed by atoms with E-state index in [9.17, 15) is 9.59 Å². The van der Waals surface area contributed by atoms with Crippen LogP contribution in [-0.4, -0.2) is 53.9 Å². The van der Waals surface area contributed by atoms with E-state index in [1.807, 2.05) is 40.7 Å². The number of fused-ring (bicyclic) bond motifs is 1. The number of hydrogen-bond donors (Lipinski definition) is 2. The van der Waals surface area contributed by atoms with Gasteiger partial charge in [-0.25, -0.2) is 14.6 Å². The lowest BCUT2D eigenvalue weighted by Gasteiger charge is -2.36. The van der Waals surface area contributed by atoms with Gasteiger partial charge in [0.1, 0.15) is 16.9 Å². The summed E-state index contributed by atoms with van der Waals surface area (Å²) in [7, 11) is 1.34. The van der Waals surface area contributed by atoms with Gasteiger partial charge >= 0.3 is 12.1 Å². The van der Waals surface area contributed by atoms with Gasteiger partial charge in [-0.3, -0.25) is 4.90 Å². The SMILES string of the molecule is COC(=O)c1cc(N(C(=O)OC(C)(C)C)C2CCNCC2)cc2[nH]c(C(C)C)nc12. The maximum atomic E-state index is 13.2. The van der Waals surface area contributed by atoms with Gasteiger partial charge in [0.2, 0.25) is 0 Å². The van der Waals surface area contributed by atoms with Gasteiger partial charge in [0.25, 0.3) is 0 Å². The number of hydrogen-bond acceptors (Lipinski definition) is 6. The molecule has 1 aromatic carbocycles. The molecule has 8 heteroatoms. The van der Waals surface area contributed by atoms with E-state index < -0.39 is 17.7 Å². The second-order valence-electron chi connectivity index (χ2n) is 8.99. The summed E-state index contributed by atoms with van der Waals surface area (Å²) in [4.78, 5) is 35.3. The number of imidazole rings is 1. The molecule has 0 unspecified atom stereocenters. The normalized spacial score (nSPS) is 15.4. The first-order valence-corrected chi connectivity index (χ1v) is 10.5. The predicted molar refractivity (Wildman–Crippen MR) is 116 cm³/mol. The fraction of sp³-hybridized carbons (Fsp3) is 0.591. The van der Waals surface area contributed by atoms with Crippen LogP contribution in [0.3, 0.4) is 0 Å². The van der Waals surface area contributed by atoms with Crippen molar-refractivity contribution < 1.29 is 19.1 Å². The van der Waals surface area contributed by atoms with E-state index in [1.54, 1.807) is 11.0 Å². The van der Waals surface area contributed by atoms with Crippen molar-refractivity contribution in [3.63, 3.8) is 0 Å². The highest BCUT2D eigenvalue weighted by Crippen LogP contribution is 2.31. The summed E-state index contributed by atoms with van der Waals surface area (Å²) >= 11 is 0. The number of H-pyrrole nitrogens is 1. The molecule has 0 aliphatic carbocycles. The van der Waals surface area contributed by atoms with Crippen molar-refractivity contribution in [3.05, 3.63) is 23.5 Å². The number of methoxy groups -OCH3 is 1. The lowest BCUT2D eigenvalue weighted by Crippen LogP contribution is -2.48. The third-order valence-electron chi connectivity index (χ3n) is 5.08. The number of esters is 1. The molecule has 1 amide bonds. The van der Waals surface area contributed by atoms with Crippen LogP contribution in [0.15, 0.2) is 12.1 Å². The van der Waals surface area contributed by atoms with Crippen LogP contribution >= 0.6 is 0 Å². The van der Waals surface area contributed by atoms with Gasteiger partial charge in [-0.05, 0) is 58.8 Å². The van der Waals surface area contributed by atoms with E-state index in [0.29, 0.717) is 22.3 Å². The van der Waals surface area contributed by atoms with Crippen molar-refractivity contribution in [1.82, 2.24) is 15.3 Å². The molecule has 0 radical (unpaired) electrons. The molecule has 1 aromatic heterocycles. The van der Waals surface area contributed by atoms with Crippen molar-refractivity contribution in [2.45, 2.75) is 65.0 Å². The Balaban J connectivity index is 2.14. The van der Waals surface area contributed by atoms with Crippen LogP contribution in [0.25, 0.3) is 11.0 Å². The summed E-state index contributed by atoms with van der Waals surface area (Å²) in [5.41, 5.74) is 1.54. The molecule has 30 heavy (non-hydrogen) atoms. The number of anilines is 1. The summed E-state index contributed by atoms with van der Waals surface area (Å²) in [6, 6.07) is 3.52. The fourth-order valence-corrected chi connectivity index (χ4v) is 3.64. The zero-order valence-electron chi connectivity index (χ0n) is 18.7. The van der Waals surface area contributed by atoms with Crippen LogP contribution in [0.1, 0.15) is 69.6 Å². The number of carbonyl (C=O) groups is 2. The number of nitrogens with zero attached hydrogens (tertiary/aromatic N) is 2. The molecule has 1 saturated heterocycles. The number of amides is 1. The maximum absolute atomic E-state index is 13.2. The maximum Gasteiger partial charge on any atom is 0.415 e. The largest absolute Gasteiger partial charge is 0.465 e. The van der Waals surface area contributed by atoms with Gasteiger partial charge in [0, 0.05) is 12.0 Å². The Kier molecular flexibility index (Phi) is 6.36. The molecule has 2 N–H and O–H groups in total. The molecule has 1 fully saturated rings. The molecular formula is C22H32N4O4. The lowest BCUT2D eigenvalue weighted by atomic mass is 10.0. The number of benzene rings is 1. The van der Waals surface area contributed by atoms with Gasteiger partial charge in [-0.15, -0.1) is 0 Å². The molecular weight excluding hydrogens is 384 g/mol. The summed E-state index contributed by atoms with van der Waals surface area (Å²) < 4.78 is 10.7. The average Bonchev–Trinajstić information content (AvgIpc) is 3.11. The van der Waals surface area contributed by atoms with E-state index in [0.717, 1.165) is 31.8 Å². The molecule has 1 aliphatic rings. The third kappa shape index (κ3) is 4.75. The Labute approximate surface area is 177 Å². The molecule has 1 aliphatic heterocycles. The Morgan fingerprint density at radius 1 is 1.20 bits per heavy atom. The summed E-state index contributed by atoms with van der Waals surface area (Å²) in [5, 5.41) is 3.32. The van der Waals surface area contributed by atoms with Crippen LogP contribution in [0.5, 0.6) is 0 Å². The number of rotatable bonds is 4. The van der Waals surface area contributed by atoms with E-state index in [4.69, 9.17) is 9.47 Å². The van der Waals surface area contributed by atoms with Crippen LogP contribution in [0.4, 0.5) is 10.5 Å². The minimum Gasteiger partial charge on any atom is -0.465 e. The van der Waals surface area contributed by atoms with E-state index >= 15 is 0 Å². The Morgan fingerprint density at radius 2 is 1.87 bits per heavy atom. The third-order valence-corrected chi connectivity index (χ3v) is 5.08. The molecule has 164 valence electrons. The first-order valence-electron chi connectivity index (χ1n) is 10.5. The number of aromatic nitrogens is 2. The minimum absolute atomic E-state index is 0.0310. The summed E-state index contributed by atoms with van der Waals surface area (Å²) in [6.45, 7) is 11.2. The van der Waals surface area contributed by atoms with Crippen molar-refractivity contribution in [2.75, 3.05) is 25.1 Å². The number of aromatic amines is 1. The Morgan fingerprint density at radius 3 is 2.43 bits per heavy atom. The first kappa shape index (κ1) is 22.1. The molecule has 0 spiro atoms. The van der Waals surface area contributed by atoms with Crippen LogP contribution in [-0.2, 0) is 9.47 Å². The highest BCUT2D eigenvalue weighted by atomic mass is 16.6. The zero-order valence-corrected chi connectivity index (χ0v) is 18.7. The smallest absolute Gasteiger partial charge is 0.415 e. The van der Waals surface area contributed by atoms with Gasteiger partial charge < -0.3 is 19.8 Å². The number of nitrogens with one attached hydrogen (secondary N) is 2. The fourth-order valence-electron chi connectivity index (χ4n) is 3.64. The Bertz CT molecular complexity index is 923. The van der Waals surface area contributed by atoms with Crippen LogP contribution in [0, 0.1) is 0 Å². The standard InChI is InChI=1S/C22H32N4O4/c1-13(2)19-24-17-12-15(11-16(18(17)25-19)20(27)29-6)26(14-7-9-23-10-8-14)21(28)30-22(3,4)5/h11-14,23H,7-10H2,1-6H3,(H,24,25). The lowest BCUT2D eigenvalue weighted by molar-refractivity contribution is 0.0555. The second kappa shape index (κ2) is 8.63. The van der Waals surface area contributed by atoms with Gasteiger partial charge in [0.15, 0.2) is 0 Å². The number of piperidine rings is 1. The second-order valence-corrected chi connectivity index (χ2v) is 8.99. The average molecular weight is 417 g/mol. The highest BCUT2D eigenvalue weighted by molar-refractivity contribution is 6.05. The molecule has 2 aromatic rings. The highest BCUT2D eigenvalue weighted by Gasteiger charge is 2.32. The molecule has 0 bridgehead atoms. The van der Waals surface area contributed by atoms with Crippen molar-refractivity contribution >= 4 is 28.8 Å². The molecule has 2 heterocycles. The van der Waals surface area contributed by atoms with E-state index in [1.165, 1.54) is 7.11 Å². The van der Waals surface area contributed by atoms with Crippen LogP contribution < -0.4 is 10.2 Å². The molecule has 3 rings (SSSR count). The quantitative estimate of drug-likeness (QED) is 0.732. The van der Waals surface area contributed by atoms with Crippen LogP contribution in [0.2, 0.25) is 0 Å². The predicted octanol–water partition coefficient (Wildman–Crippen LogP) is 3.97. The zero-order chi connectivity index (χ0) is 22.1. The summed E-state index contributed by atoms with van der Waals surface area (Å²) in [5.74, 6) is 0.453. The molecule has 0 saturated carbocycles. The molecule has 0 atom stereocenters. The van der Waals surface area contributed by atoms with Crippen molar-refractivity contribution in [3.8, 4) is 0 Å². The first-order chi connectivity index (χ1) is 14.1. The van der Waals surface area contributed by atoms with Gasteiger partial charge in [-0.2, -0.15) is 0 Å². The van der Waals surface area contributed by atoms with E-state index in [-0.39, 0.29) is 12.0 Å². The van der Waals surface area contributed by atoms with Crippen molar-refractivity contribution in [2.24, 2.45) is 0 Å². The number of ether oxygens (including phenoxy) is 2. The minimum atomic E-state index is -0.629. The summed E-state index contributed by atoms with van der Waals surface area (Å²) in [6.07, 6.45) is 1.17. The van der Waals surface area contributed by atoms with Gasteiger partial charge in [-0.1, -0.05) is 13.8 Å². The van der Waals surface area contributed by atoms with Gasteiger partial charge in [0.05, 0.1) is 23.9 Å². The molecule has 8 nitrogen and oxygen atoms in total. The van der Waals surface area contributed by atoms with E-state index in [2.05, 4.69) is 15.3 Å². The van der Waals surface area contributed by atoms with Crippen molar-refractivity contribution in [1.29, 1.82) is 0 Å². The monoisotopic (exact) mass is 416 g/mol. The number of carbonyl (C=O) groups excluding carboxylic acids is 2.